The quantitative estimate of drug-likeness (QED) is 0.541. The summed E-state index contributed by atoms with van der Waals surface area (Å²) in [6, 6.07) is 3.58. The van der Waals surface area contributed by atoms with Crippen molar-refractivity contribution in [3.05, 3.63) is 58.9 Å². The van der Waals surface area contributed by atoms with Crippen molar-refractivity contribution in [1.82, 2.24) is 24.2 Å². The van der Waals surface area contributed by atoms with Gasteiger partial charge in [0, 0.05) is 63.0 Å². The molecule has 0 radical (unpaired) electrons. The normalized spacial score (nSPS) is 18.7. The Morgan fingerprint density at radius 2 is 1.97 bits per heavy atom. The maximum atomic E-state index is 13.9. The molecule has 1 saturated heterocycles. The molecule has 7 nitrogen and oxygen atoms in total. The molecule has 1 aromatic carbocycles. The Labute approximate surface area is 201 Å². The summed E-state index contributed by atoms with van der Waals surface area (Å²) < 4.78 is 50.5. The molecule has 0 bridgehead atoms. The van der Waals surface area contributed by atoms with E-state index in [9.17, 15) is 18.0 Å². The number of ether oxygens (including phenoxy) is 1. The third-order valence-corrected chi connectivity index (χ3v) is 6.82. The Bertz CT molecular complexity index is 1240. The van der Waals surface area contributed by atoms with Gasteiger partial charge in [0.05, 0.1) is 6.10 Å². The zero-order chi connectivity index (χ0) is 24.7. The second-order valence-corrected chi connectivity index (χ2v) is 9.32. The number of aromatic nitrogens is 4. The molecule has 10 heteroatoms. The third kappa shape index (κ3) is 4.71. The Kier molecular flexibility index (Phi) is 6.16. The molecule has 186 valence electrons. The van der Waals surface area contributed by atoms with Crippen LogP contribution in [0.15, 0.2) is 30.7 Å². The van der Waals surface area contributed by atoms with E-state index >= 15 is 0 Å². The maximum Gasteiger partial charge on any atom is 0.435 e. The summed E-state index contributed by atoms with van der Waals surface area (Å²) in [4.78, 5) is 19.6. The van der Waals surface area contributed by atoms with Gasteiger partial charge in [-0.25, -0.2) is 4.98 Å². The van der Waals surface area contributed by atoms with E-state index in [4.69, 9.17) is 4.74 Å². The second-order valence-electron chi connectivity index (χ2n) is 9.32. The molecule has 0 saturated carbocycles. The van der Waals surface area contributed by atoms with Crippen LogP contribution in [0.1, 0.15) is 52.3 Å². The van der Waals surface area contributed by atoms with Gasteiger partial charge in [-0.1, -0.05) is 0 Å². The molecular formula is C25H28F3N5O2. The first-order valence-corrected chi connectivity index (χ1v) is 11.9. The minimum Gasteiger partial charge on any atom is -0.376 e. The van der Waals surface area contributed by atoms with E-state index in [1.165, 1.54) is 17.9 Å². The fraction of sp³-hybridized carbons (Fsp3) is 0.480. The number of amides is 1. The Balaban J connectivity index is 1.58. The van der Waals surface area contributed by atoms with Crippen molar-refractivity contribution < 1.29 is 22.7 Å². The monoisotopic (exact) mass is 487 g/mol. The molecule has 35 heavy (non-hydrogen) atoms. The van der Waals surface area contributed by atoms with Crippen LogP contribution in [0.5, 0.6) is 0 Å². The van der Waals surface area contributed by atoms with Crippen LogP contribution in [-0.4, -0.2) is 55.9 Å². The summed E-state index contributed by atoms with van der Waals surface area (Å²) in [6.45, 7) is 3.90. The number of carbonyl (C=O) groups excluding carboxylic acids is 1. The smallest absolute Gasteiger partial charge is 0.376 e. The molecule has 2 aliphatic heterocycles. The fourth-order valence-corrected chi connectivity index (χ4v) is 5.08. The summed E-state index contributed by atoms with van der Waals surface area (Å²) in [5, 5.41) is 3.70. The van der Waals surface area contributed by atoms with Crippen molar-refractivity contribution in [1.29, 1.82) is 0 Å². The predicted molar refractivity (Wildman–Crippen MR) is 123 cm³/mol. The highest BCUT2D eigenvalue weighted by atomic mass is 19.4. The van der Waals surface area contributed by atoms with Gasteiger partial charge in [0.1, 0.15) is 5.82 Å². The number of hydrogen-bond donors (Lipinski definition) is 0. The molecule has 0 N–H and O–H groups in total. The third-order valence-electron chi connectivity index (χ3n) is 6.82. The van der Waals surface area contributed by atoms with E-state index in [0.717, 1.165) is 30.7 Å². The van der Waals surface area contributed by atoms with Crippen LogP contribution in [-0.2, 0) is 30.9 Å². The van der Waals surface area contributed by atoms with Gasteiger partial charge < -0.3 is 14.2 Å². The SMILES string of the molecule is Cc1nccn1Cc1cc2c(c(-c3cn(C)nc3C(F)(F)F)c1)CCN(CC1CCCCO1)C2=O. The van der Waals surface area contributed by atoms with Gasteiger partial charge in [-0.3, -0.25) is 9.48 Å². The minimum atomic E-state index is -4.61. The molecule has 2 aliphatic rings. The van der Waals surface area contributed by atoms with E-state index in [-0.39, 0.29) is 17.6 Å². The topological polar surface area (TPSA) is 65.2 Å². The average Bonchev–Trinajstić information content (AvgIpc) is 3.41. The fourth-order valence-electron chi connectivity index (χ4n) is 5.08. The predicted octanol–water partition coefficient (Wildman–Crippen LogP) is 4.23. The van der Waals surface area contributed by atoms with Crippen molar-refractivity contribution in [3.8, 4) is 11.1 Å². The minimum absolute atomic E-state index is 0.000608. The van der Waals surface area contributed by atoms with Gasteiger partial charge in [0.25, 0.3) is 5.91 Å². The highest BCUT2D eigenvalue weighted by Crippen LogP contribution is 2.40. The highest BCUT2D eigenvalue weighted by molar-refractivity contribution is 5.99. The van der Waals surface area contributed by atoms with Crippen molar-refractivity contribution in [2.75, 3.05) is 19.7 Å². The summed E-state index contributed by atoms with van der Waals surface area (Å²) in [5.74, 6) is 0.618. The number of nitrogens with zero attached hydrogens (tertiary/aromatic N) is 5. The highest BCUT2D eigenvalue weighted by Gasteiger charge is 2.39. The van der Waals surface area contributed by atoms with Crippen LogP contribution in [0.25, 0.3) is 11.1 Å². The first-order chi connectivity index (χ1) is 16.7. The number of carbonyl (C=O) groups is 1. The zero-order valence-electron chi connectivity index (χ0n) is 19.8. The van der Waals surface area contributed by atoms with Crippen molar-refractivity contribution in [3.63, 3.8) is 0 Å². The van der Waals surface area contributed by atoms with Crippen LogP contribution in [0, 0.1) is 6.92 Å². The van der Waals surface area contributed by atoms with Crippen LogP contribution in [0.2, 0.25) is 0 Å². The number of fused-ring (bicyclic) bond motifs is 1. The van der Waals surface area contributed by atoms with Gasteiger partial charge in [0.15, 0.2) is 5.69 Å². The summed E-state index contributed by atoms with van der Waals surface area (Å²) in [5.41, 5.74) is 1.30. The molecule has 1 fully saturated rings. The standard InChI is InChI=1S/C25H28F3N5O2/c1-16-29-7-9-32(16)13-17-11-20(22-15-31(2)30-23(22)25(26,27)28)19-6-8-33(24(34)21(19)12-17)14-18-5-3-4-10-35-18/h7,9,11-12,15,18H,3-6,8,10,13-14H2,1-2H3. The Hall–Kier alpha value is -3.14. The average molecular weight is 488 g/mol. The molecule has 0 spiro atoms. The van der Waals surface area contributed by atoms with Crippen LogP contribution >= 0.6 is 0 Å². The van der Waals surface area contributed by atoms with Gasteiger partial charge >= 0.3 is 6.18 Å². The lowest BCUT2D eigenvalue weighted by molar-refractivity contribution is -0.140. The molecule has 4 heterocycles. The molecule has 2 aromatic heterocycles. The van der Waals surface area contributed by atoms with Gasteiger partial charge in [-0.2, -0.15) is 18.3 Å². The van der Waals surface area contributed by atoms with Crippen LogP contribution < -0.4 is 0 Å². The van der Waals surface area contributed by atoms with Gasteiger partial charge in [-0.05, 0) is 61.4 Å². The van der Waals surface area contributed by atoms with E-state index in [2.05, 4.69) is 10.1 Å². The van der Waals surface area contributed by atoms with Crippen molar-refractivity contribution >= 4 is 5.91 Å². The van der Waals surface area contributed by atoms with Crippen molar-refractivity contribution in [2.24, 2.45) is 7.05 Å². The first-order valence-electron chi connectivity index (χ1n) is 11.9. The van der Waals surface area contributed by atoms with Crippen LogP contribution in [0.4, 0.5) is 13.2 Å². The molecule has 3 aromatic rings. The zero-order valence-corrected chi connectivity index (χ0v) is 19.8. The van der Waals surface area contributed by atoms with E-state index in [0.29, 0.717) is 49.4 Å². The number of benzene rings is 1. The first kappa shape index (κ1) is 23.6. The molecule has 1 amide bonds. The molecule has 0 aliphatic carbocycles. The largest absolute Gasteiger partial charge is 0.435 e. The Morgan fingerprint density at radius 3 is 2.66 bits per heavy atom. The number of aryl methyl sites for hydroxylation is 2. The number of alkyl halides is 3. The summed E-state index contributed by atoms with van der Waals surface area (Å²) in [7, 11) is 1.47. The second kappa shape index (κ2) is 9.14. The number of imidazole rings is 1. The number of rotatable bonds is 5. The van der Waals surface area contributed by atoms with Gasteiger partial charge in [0.2, 0.25) is 0 Å². The Morgan fingerprint density at radius 1 is 1.17 bits per heavy atom. The molecule has 1 unspecified atom stereocenters. The van der Waals surface area contributed by atoms with E-state index in [1.54, 1.807) is 17.2 Å². The lowest BCUT2D eigenvalue weighted by atomic mass is 9.88. The number of hydrogen-bond acceptors (Lipinski definition) is 4. The molecular weight excluding hydrogens is 459 g/mol. The lowest BCUT2D eigenvalue weighted by Gasteiger charge is -2.34. The van der Waals surface area contributed by atoms with E-state index in [1.807, 2.05) is 23.8 Å². The maximum absolute atomic E-state index is 13.9. The number of halogens is 3. The van der Waals surface area contributed by atoms with Crippen LogP contribution in [0.3, 0.4) is 0 Å². The van der Waals surface area contributed by atoms with Crippen molar-refractivity contribution in [2.45, 2.75) is 51.4 Å². The molecule has 5 rings (SSSR count). The summed E-state index contributed by atoms with van der Waals surface area (Å²) >= 11 is 0. The lowest BCUT2D eigenvalue weighted by Crippen LogP contribution is -2.43. The van der Waals surface area contributed by atoms with E-state index < -0.39 is 11.9 Å². The summed E-state index contributed by atoms with van der Waals surface area (Å²) in [6.07, 6.45) is 3.75. The van der Waals surface area contributed by atoms with Gasteiger partial charge in [-0.15, -0.1) is 0 Å². The molecule has 1 atom stereocenters.